The highest BCUT2D eigenvalue weighted by Crippen LogP contribution is 2.36. The smallest absolute Gasteiger partial charge is 0.481 e. The van der Waals surface area contributed by atoms with Crippen molar-refractivity contribution in [2.24, 2.45) is 0 Å². The van der Waals surface area contributed by atoms with Gasteiger partial charge in [-0.2, -0.15) is 13.2 Å². The number of carbonyl (C=O) groups excluding carboxylic acids is 1. The van der Waals surface area contributed by atoms with Crippen LogP contribution in [0.15, 0.2) is 55.0 Å². The van der Waals surface area contributed by atoms with Gasteiger partial charge in [-0.15, -0.1) is 13.2 Å². The number of nitrogens with zero attached hydrogens (tertiary/aromatic N) is 4. The van der Waals surface area contributed by atoms with Crippen LogP contribution in [-0.2, 0) is 12.5 Å². The highest BCUT2D eigenvalue weighted by molar-refractivity contribution is 6.04. The number of ether oxygens (including phenoxy) is 1. The minimum atomic E-state index is -5.08. The Morgan fingerprint density at radius 2 is 1.71 bits per heavy atom. The lowest BCUT2D eigenvalue weighted by Gasteiger charge is -2.16. The lowest BCUT2D eigenvalue weighted by molar-refractivity contribution is -0.203. The van der Waals surface area contributed by atoms with Crippen molar-refractivity contribution in [1.82, 2.24) is 19.5 Å². The Morgan fingerprint density at radius 3 is 2.38 bits per heavy atom. The summed E-state index contributed by atoms with van der Waals surface area (Å²) in [5, 5.41) is 2.79. The SMILES string of the molecule is COc1nccc2c(-c3ncc(C(=O)Nc4ccnc(C(F)(F)F)c4)n3C(F)(F)F)cccc12. The summed E-state index contributed by atoms with van der Waals surface area (Å²) in [7, 11) is 1.36. The summed E-state index contributed by atoms with van der Waals surface area (Å²) in [6.07, 6.45) is -7.05. The van der Waals surface area contributed by atoms with Crippen LogP contribution in [0.2, 0.25) is 0 Å². The molecule has 0 spiro atoms. The minimum Gasteiger partial charge on any atom is -0.481 e. The zero-order valence-corrected chi connectivity index (χ0v) is 17.1. The van der Waals surface area contributed by atoms with Gasteiger partial charge in [0.1, 0.15) is 17.2 Å². The standard InChI is InChI=1S/C21H13F6N5O2/c1-34-19-14-4-2-3-13(12(14)6-8-29-19)17-30-10-15(32(17)21(25,26)27)18(33)31-11-5-7-28-16(9-11)20(22,23)24/h2-10H,1H3,(H,28,31,33). The van der Waals surface area contributed by atoms with Gasteiger partial charge in [-0.3, -0.25) is 9.78 Å². The van der Waals surface area contributed by atoms with Gasteiger partial charge in [0.2, 0.25) is 5.88 Å². The van der Waals surface area contributed by atoms with Gasteiger partial charge in [-0.1, -0.05) is 12.1 Å². The summed E-state index contributed by atoms with van der Waals surface area (Å²) in [5.41, 5.74) is -2.58. The molecule has 176 valence electrons. The molecule has 0 aliphatic heterocycles. The van der Waals surface area contributed by atoms with Gasteiger partial charge in [0.05, 0.1) is 13.3 Å². The molecule has 1 amide bonds. The monoisotopic (exact) mass is 481 g/mol. The summed E-state index contributed by atoms with van der Waals surface area (Å²) >= 11 is 0. The van der Waals surface area contributed by atoms with Crippen LogP contribution in [0.3, 0.4) is 0 Å². The highest BCUT2D eigenvalue weighted by atomic mass is 19.4. The van der Waals surface area contributed by atoms with Crippen molar-refractivity contribution < 1.29 is 35.9 Å². The molecule has 0 aliphatic rings. The van der Waals surface area contributed by atoms with Gasteiger partial charge in [-0.25, -0.2) is 14.5 Å². The Hall–Kier alpha value is -4.16. The number of methoxy groups -OCH3 is 1. The number of hydrogen-bond acceptors (Lipinski definition) is 5. The average Bonchev–Trinajstić information content (AvgIpc) is 3.24. The Labute approximate surface area is 187 Å². The molecule has 1 N–H and O–H groups in total. The number of imidazole rings is 1. The lowest BCUT2D eigenvalue weighted by atomic mass is 10.1. The second kappa shape index (κ2) is 8.32. The highest BCUT2D eigenvalue weighted by Gasteiger charge is 2.39. The maximum absolute atomic E-state index is 14.0. The van der Waals surface area contributed by atoms with Crippen LogP contribution in [0, 0.1) is 0 Å². The van der Waals surface area contributed by atoms with Gasteiger partial charge in [0, 0.05) is 29.0 Å². The van der Waals surface area contributed by atoms with Crippen molar-refractivity contribution in [2.75, 3.05) is 12.4 Å². The maximum Gasteiger partial charge on any atom is 0.490 e. The quantitative estimate of drug-likeness (QED) is 0.403. The number of alkyl halides is 6. The van der Waals surface area contributed by atoms with Crippen LogP contribution in [0.4, 0.5) is 32.0 Å². The number of benzene rings is 1. The molecule has 0 radical (unpaired) electrons. The van der Waals surface area contributed by atoms with Crippen molar-refractivity contribution in [1.29, 1.82) is 0 Å². The third-order valence-corrected chi connectivity index (χ3v) is 4.76. The zero-order chi connectivity index (χ0) is 24.7. The van der Waals surface area contributed by atoms with Gasteiger partial charge in [0.15, 0.2) is 0 Å². The van der Waals surface area contributed by atoms with Crippen molar-refractivity contribution in [3.05, 3.63) is 66.4 Å². The predicted molar refractivity (Wildman–Crippen MR) is 108 cm³/mol. The van der Waals surface area contributed by atoms with E-state index in [-0.39, 0.29) is 21.7 Å². The number of anilines is 1. The van der Waals surface area contributed by atoms with Crippen molar-refractivity contribution in [2.45, 2.75) is 12.5 Å². The summed E-state index contributed by atoms with van der Waals surface area (Å²) in [6.45, 7) is 0. The maximum atomic E-state index is 14.0. The second-order valence-corrected chi connectivity index (χ2v) is 6.87. The van der Waals surface area contributed by atoms with Crippen LogP contribution >= 0.6 is 0 Å². The van der Waals surface area contributed by atoms with Gasteiger partial charge in [0.25, 0.3) is 5.91 Å². The Kier molecular flexibility index (Phi) is 5.63. The molecule has 0 unspecified atom stereocenters. The molecule has 13 heteroatoms. The van der Waals surface area contributed by atoms with E-state index in [1.54, 1.807) is 6.07 Å². The zero-order valence-electron chi connectivity index (χ0n) is 17.1. The van der Waals surface area contributed by atoms with E-state index < -0.39 is 35.6 Å². The van der Waals surface area contributed by atoms with Crippen LogP contribution in [0.1, 0.15) is 16.2 Å². The van der Waals surface area contributed by atoms with E-state index in [0.717, 1.165) is 12.3 Å². The Balaban J connectivity index is 1.80. The van der Waals surface area contributed by atoms with E-state index in [1.807, 2.05) is 5.32 Å². The molecule has 3 aromatic heterocycles. The van der Waals surface area contributed by atoms with E-state index in [0.29, 0.717) is 23.0 Å². The normalized spacial score (nSPS) is 12.1. The van der Waals surface area contributed by atoms with Crippen molar-refractivity contribution in [3.8, 4) is 17.3 Å². The van der Waals surface area contributed by atoms with E-state index in [1.165, 1.54) is 31.5 Å². The number of halogens is 6. The number of rotatable bonds is 4. The lowest BCUT2D eigenvalue weighted by Crippen LogP contribution is -2.26. The number of carbonyl (C=O) groups is 1. The number of pyridine rings is 2. The number of amides is 1. The number of fused-ring (bicyclic) bond motifs is 1. The number of nitrogens with one attached hydrogen (secondary N) is 1. The summed E-state index contributed by atoms with van der Waals surface area (Å²) in [6, 6.07) is 7.46. The molecule has 0 fully saturated rings. The summed E-state index contributed by atoms with van der Waals surface area (Å²) in [4.78, 5) is 23.6. The first kappa shape index (κ1) is 23.0. The predicted octanol–water partition coefficient (Wildman–Crippen LogP) is 5.25. The van der Waals surface area contributed by atoms with Crippen molar-refractivity contribution in [3.63, 3.8) is 0 Å². The van der Waals surface area contributed by atoms with E-state index in [2.05, 4.69) is 15.0 Å². The first-order valence-electron chi connectivity index (χ1n) is 9.42. The fraction of sp³-hybridized carbons (Fsp3) is 0.143. The number of hydrogen-bond donors (Lipinski definition) is 1. The molecule has 7 nitrogen and oxygen atoms in total. The van der Waals surface area contributed by atoms with Crippen LogP contribution < -0.4 is 10.1 Å². The fourth-order valence-corrected chi connectivity index (χ4v) is 3.36. The molecule has 0 saturated heterocycles. The summed E-state index contributed by atoms with van der Waals surface area (Å²) in [5.74, 6) is -1.72. The molecule has 3 heterocycles. The Bertz CT molecular complexity index is 1380. The molecule has 4 aromatic rings. The third kappa shape index (κ3) is 4.23. The van der Waals surface area contributed by atoms with E-state index in [9.17, 15) is 31.1 Å². The fourth-order valence-electron chi connectivity index (χ4n) is 3.36. The second-order valence-electron chi connectivity index (χ2n) is 6.87. The van der Waals surface area contributed by atoms with E-state index >= 15 is 0 Å². The first-order chi connectivity index (χ1) is 16.0. The third-order valence-electron chi connectivity index (χ3n) is 4.76. The average molecular weight is 481 g/mol. The van der Waals surface area contributed by atoms with Gasteiger partial charge < -0.3 is 10.1 Å². The molecule has 34 heavy (non-hydrogen) atoms. The molecule has 4 rings (SSSR count). The molecule has 0 atom stereocenters. The molecule has 0 bridgehead atoms. The molecular weight excluding hydrogens is 468 g/mol. The topological polar surface area (TPSA) is 81.9 Å². The largest absolute Gasteiger partial charge is 0.490 e. The number of aromatic nitrogens is 4. The van der Waals surface area contributed by atoms with Crippen LogP contribution in [0.25, 0.3) is 22.2 Å². The first-order valence-corrected chi connectivity index (χ1v) is 9.42. The van der Waals surface area contributed by atoms with Gasteiger partial charge in [-0.05, 0) is 29.7 Å². The van der Waals surface area contributed by atoms with Crippen molar-refractivity contribution >= 4 is 22.4 Å². The van der Waals surface area contributed by atoms with Crippen LogP contribution in [-0.4, -0.2) is 32.5 Å². The molecule has 1 aromatic carbocycles. The Morgan fingerprint density at radius 1 is 0.971 bits per heavy atom. The summed E-state index contributed by atoms with van der Waals surface area (Å²) < 4.78 is 85.6. The molecular formula is C21H13F6N5O2. The minimum absolute atomic E-state index is 0.0397. The van der Waals surface area contributed by atoms with Gasteiger partial charge >= 0.3 is 12.5 Å². The molecule has 0 saturated carbocycles. The van der Waals surface area contributed by atoms with E-state index in [4.69, 9.17) is 4.74 Å². The van der Waals surface area contributed by atoms with Crippen LogP contribution in [0.5, 0.6) is 5.88 Å². The molecule has 0 aliphatic carbocycles.